The van der Waals surface area contributed by atoms with Gasteiger partial charge in [0.25, 0.3) is 0 Å². The second kappa shape index (κ2) is 8.50. The number of rotatable bonds is 6. The van der Waals surface area contributed by atoms with E-state index in [1.807, 2.05) is 26.0 Å². The van der Waals surface area contributed by atoms with Gasteiger partial charge in [-0.1, -0.05) is 42.5 Å². The highest BCUT2D eigenvalue weighted by Gasteiger charge is 2.28. The summed E-state index contributed by atoms with van der Waals surface area (Å²) in [6, 6.07) is 19.1. The fourth-order valence-corrected chi connectivity index (χ4v) is 3.45. The van der Waals surface area contributed by atoms with Crippen molar-refractivity contribution >= 4 is 0 Å². The van der Waals surface area contributed by atoms with Crippen molar-refractivity contribution < 1.29 is 9.47 Å². The molecule has 0 spiro atoms. The van der Waals surface area contributed by atoms with Gasteiger partial charge in [-0.3, -0.25) is 0 Å². The van der Waals surface area contributed by atoms with E-state index in [1.165, 1.54) is 5.56 Å². The summed E-state index contributed by atoms with van der Waals surface area (Å²) < 4.78 is 12.3. The van der Waals surface area contributed by atoms with Crippen LogP contribution in [0, 0.1) is 0 Å². The predicted octanol–water partition coefficient (Wildman–Crippen LogP) is 5.04. The van der Waals surface area contributed by atoms with E-state index >= 15 is 0 Å². The Kier molecular flexibility index (Phi) is 6.11. The zero-order chi connectivity index (χ0) is 17.6. The Morgan fingerprint density at radius 1 is 1.00 bits per heavy atom. The van der Waals surface area contributed by atoms with Gasteiger partial charge in [-0.2, -0.15) is 0 Å². The minimum Gasteiger partial charge on any atom is -0.491 e. The van der Waals surface area contributed by atoms with Crippen LogP contribution in [-0.2, 0) is 4.74 Å². The zero-order valence-electron chi connectivity index (χ0n) is 15.4. The lowest BCUT2D eigenvalue weighted by molar-refractivity contribution is -0.0393. The third-order valence-electron chi connectivity index (χ3n) is 4.64. The molecular formula is C22H29NO2. The first-order valence-electron chi connectivity index (χ1n) is 9.34. The second-order valence-electron chi connectivity index (χ2n) is 7.04. The van der Waals surface area contributed by atoms with Crippen molar-refractivity contribution in [1.29, 1.82) is 0 Å². The highest BCUT2D eigenvalue weighted by atomic mass is 16.5. The summed E-state index contributed by atoms with van der Waals surface area (Å²) in [5.41, 5.74) is 2.46. The first-order valence-corrected chi connectivity index (χ1v) is 9.34. The largest absolute Gasteiger partial charge is 0.491 e. The van der Waals surface area contributed by atoms with Crippen molar-refractivity contribution in [2.24, 2.45) is 0 Å². The van der Waals surface area contributed by atoms with Crippen LogP contribution in [0.25, 0.3) is 0 Å². The predicted molar refractivity (Wildman–Crippen MR) is 102 cm³/mol. The molecular weight excluding hydrogens is 310 g/mol. The van der Waals surface area contributed by atoms with Crippen LogP contribution in [-0.4, -0.2) is 18.8 Å². The summed E-state index contributed by atoms with van der Waals surface area (Å²) in [7, 11) is 0. The lowest BCUT2D eigenvalue weighted by Crippen LogP contribution is -2.39. The van der Waals surface area contributed by atoms with Crippen molar-refractivity contribution in [1.82, 2.24) is 5.32 Å². The molecule has 3 nitrogen and oxygen atoms in total. The molecule has 0 aliphatic carbocycles. The Morgan fingerprint density at radius 2 is 1.80 bits per heavy atom. The van der Waals surface area contributed by atoms with Crippen LogP contribution in [0.1, 0.15) is 56.9 Å². The van der Waals surface area contributed by atoms with Gasteiger partial charge in [0, 0.05) is 0 Å². The van der Waals surface area contributed by atoms with Gasteiger partial charge >= 0.3 is 0 Å². The number of nitrogens with one attached hydrogen (secondary N) is 1. The molecule has 3 rings (SSSR count). The van der Waals surface area contributed by atoms with E-state index in [9.17, 15) is 0 Å². The molecule has 1 aliphatic heterocycles. The van der Waals surface area contributed by atoms with Gasteiger partial charge in [-0.25, -0.2) is 0 Å². The van der Waals surface area contributed by atoms with Crippen LogP contribution in [0.5, 0.6) is 5.75 Å². The summed E-state index contributed by atoms with van der Waals surface area (Å²) in [6.07, 6.45) is 2.63. The van der Waals surface area contributed by atoms with Crippen molar-refractivity contribution in [3.8, 4) is 5.75 Å². The molecule has 3 heteroatoms. The molecule has 25 heavy (non-hydrogen) atoms. The molecule has 2 aromatic rings. The van der Waals surface area contributed by atoms with Crippen molar-refractivity contribution in [2.45, 2.75) is 58.0 Å². The molecule has 2 aromatic carbocycles. The lowest BCUT2D eigenvalue weighted by Gasteiger charge is -2.35. The van der Waals surface area contributed by atoms with E-state index < -0.39 is 0 Å². The normalized spacial score (nSPS) is 21.9. The lowest BCUT2D eigenvalue weighted by atomic mass is 9.94. The Bertz CT molecular complexity index is 656. The number of hydrogen-bond acceptors (Lipinski definition) is 3. The minimum atomic E-state index is 0.0341. The van der Waals surface area contributed by atoms with Crippen LogP contribution in [0.4, 0.5) is 0 Å². The molecule has 0 aromatic heterocycles. The topological polar surface area (TPSA) is 30.5 Å². The standard InChI is InChI=1S/C22H29NO2/c1-16(2)24-20-12-7-11-19(15-20)17(3)25-21-13-8-14-23-22(21)18-9-5-4-6-10-18/h4-7,9-12,15-17,21-23H,8,13-14H2,1-3H3/t17?,21-,22-/m0/s1. The molecule has 1 heterocycles. The number of piperidine rings is 1. The molecule has 3 atom stereocenters. The smallest absolute Gasteiger partial charge is 0.120 e. The molecule has 0 amide bonds. The summed E-state index contributed by atoms with van der Waals surface area (Å²) >= 11 is 0. The van der Waals surface area contributed by atoms with E-state index in [0.717, 1.165) is 30.7 Å². The van der Waals surface area contributed by atoms with Gasteiger partial charge in [-0.05, 0) is 63.4 Å². The van der Waals surface area contributed by atoms with E-state index in [1.54, 1.807) is 0 Å². The molecule has 1 unspecified atom stereocenters. The SMILES string of the molecule is CC(C)Oc1cccc(C(C)O[C@H]2CCCN[C@H]2c2ccccc2)c1. The minimum absolute atomic E-state index is 0.0341. The van der Waals surface area contributed by atoms with E-state index in [2.05, 4.69) is 54.7 Å². The van der Waals surface area contributed by atoms with Gasteiger partial charge < -0.3 is 14.8 Å². The number of ether oxygens (including phenoxy) is 2. The first-order chi connectivity index (χ1) is 12.1. The summed E-state index contributed by atoms with van der Waals surface area (Å²) in [4.78, 5) is 0. The van der Waals surface area contributed by atoms with Crippen LogP contribution < -0.4 is 10.1 Å². The highest BCUT2D eigenvalue weighted by Crippen LogP contribution is 2.31. The van der Waals surface area contributed by atoms with Crippen molar-refractivity contribution in [3.63, 3.8) is 0 Å². The van der Waals surface area contributed by atoms with Crippen LogP contribution in [0.2, 0.25) is 0 Å². The third-order valence-corrected chi connectivity index (χ3v) is 4.64. The molecule has 0 bridgehead atoms. The van der Waals surface area contributed by atoms with Crippen molar-refractivity contribution in [3.05, 3.63) is 65.7 Å². The molecule has 1 N–H and O–H groups in total. The number of hydrogen-bond donors (Lipinski definition) is 1. The van der Waals surface area contributed by atoms with E-state index in [0.29, 0.717) is 0 Å². The zero-order valence-corrected chi connectivity index (χ0v) is 15.4. The Hall–Kier alpha value is -1.84. The summed E-state index contributed by atoms with van der Waals surface area (Å²) in [5, 5.41) is 3.63. The Labute approximate surface area is 151 Å². The van der Waals surface area contributed by atoms with Gasteiger partial charge in [0.15, 0.2) is 0 Å². The average Bonchev–Trinajstić information content (AvgIpc) is 2.62. The maximum Gasteiger partial charge on any atom is 0.120 e. The van der Waals surface area contributed by atoms with Gasteiger partial charge in [0.05, 0.1) is 24.4 Å². The molecule has 134 valence electrons. The maximum absolute atomic E-state index is 6.49. The molecule has 1 aliphatic rings. The van der Waals surface area contributed by atoms with Gasteiger partial charge in [-0.15, -0.1) is 0 Å². The fraction of sp³-hybridized carbons (Fsp3) is 0.455. The van der Waals surface area contributed by atoms with Crippen molar-refractivity contribution in [2.75, 3.05) is 6.54 Å². The third kappa shape index (κ3) is 4.83. The number of benzene rings is 2. The Balaban J connectivity index is 1.71. The highest BCUT2D eigenvalue weighted by molar-refractivity contribution is 5.30. The van der Waals surface area contributed by atoms with E-state index in [-0.39, 0.29) is 24.4 Å². The average molecular weight is 339 g/mol. The van der Waals surface area contributed by atoms with Gasteiger partial charge in [0.1, 0.15) is 5.75 Å². The van der Waals surface area contributed by atoms with Crippen LogP contribution >= 0.6 is 0 Å². The fourth-order valence-electron chi connectivity index (χ4n) is 3.45. The molecule has 1 fully saturated rings. The quantitative estimate of drug-likeness (QED) is 0.799. The Morgan fingerprint density at radius 3 is 2.56 bits per heavy atom. The monoisotopic (exact) mass is 339 g/mol. The summed E-state index contributed by atoms with van der Waals surface area (Å²) in [5.74, 6) is 0.907. The molecule has 1 saturated heterocycles. The van der Waals surface area contributed by atoms with E-state index in [4.69, 9.17) is 9.47 Å². The maximum atomic E-state index is 6.49. The summed E-state index contributed by atoms with van der Waals surface area (Å²) in [6.45, 7) is 7.27. The second-order valence-corrected chi connectivity index (χ2v) is 7.04. The van der Waals surface area contributed by atoms with Crippen LogP contribution in [0.15, 0.2) is 54.6 Å². The first kappa shape index (κ1) is 18.0. The molecule has 0 radical (unpaired) electrons. The van der Waals surface area contributed by atoms with Gasteiger partial charge in [0.2, 0.25) is 0 Å². The molecule has 0 saturated carbocycles. The van der Waals surface area contributed by atoms with Crippen LogP contribution in [0.3, 0.4) is 0 Å².